The van der Waals surface area contributed by atoms with Gasteiger partial charge in [-0.3, -0.25) is 4.79 Å². The predicted octanol–water partition coefficient (Wildman–Crippen LogP) is 4.67. The summed E-state index contributed by atoms with van der Waals surface area (Å²) in [5.41, 5.74) is 1.79. The Morgan fingerprint density at radius 1 is 1.11 bits per heavy atom. The minimum Gasteiger partial charge on any atom is -0.448 e. The van der Waals surface area contributed by atoms with Crippen molar-refractivity contribution in [2.24, 2.45) is 0 Å². The van der Waals surface area contributed by atoms with Crippen LogP contribution in [-0.2, 0) is 4.79 Å². The van der Waals surface area contributed by atoms with E-state index in [1.165, 1.54) is 0 Å². The standard InChI is InChI=1S/C21H23ClN2O3/c1-14(15-4-6-16(22)7-5-15)23-13-20(25)24-17-8-9-18-19(12-17)27-21(26-18)10-2-3-11-21/h4-9,12,14,23H,2-3,10-11,13H2,1H3,(H,24,25)/t14-/m1/s1. The number of benzene rings is 2. The van der Waals surface area contributed by atoms with Gasteiger partial charge in [-0.15, -0.1) is 0 Å². The first-order valence-corrected chi connectivity index (χ1v) is 9.72. The highest BCUT2D eigenvalue weighted by atomic mass is 35.5. The number of ether oxygens (including phenoxy) is 2. The average Bonchev–Trinajstić information content (AvgIpc) is 3.26. The largest absolute Gasteiger partial charge is 0.448 e. The minimum atomic E-state index is -0.486. The molecule has 4 rings (SSSR count). The van der Waals surface area contributed by atoms with Crippen molar-refractivity contribution in [3.05, 3.63) is 53.1 Å². The normalized spacial score (nSPS) is 17.9. The molecule has 2 aliphatic rings. The third kappa shape index (κ3) is 4.04. The molecule has 1 aliphatic carbocycles. The summed E-state index contributed by atoms with van der Waals surface area (Å²) in [6, 6.07) is 13.2. The van der Waals surface area contributed by atoms with Gasteiger partial charge in [0.25, 0.3) is 5.79 Å². The average molecular weight is 387 g/mol. The Morgan fingerprint density at radius 2 is 1.81 bits per heavy atom. The summed E-state index contributed by atoms with van der Waals surface area (Å²) in [6.07, 6.45) is 4.07. The number of halogens is 1. The molecule has 0 saturated heterocycles. The lowest BCUT2D eigenvalue weighted by Crippen LogP contribution is -2.34. The van der Waals surface area contributed by atoms with Gasteiger partial charge in [0.15, 0.2) is 11.5 Å². The van der Waals surface area contributed by atoms with Gasteiger partial charge >= 0.3 is 0 Å². The Morgan fingerprint density at radius 3 is 2.56 bits per heavy atom. The van der Waals surface area contributed by atoms with Crippen LogP contribution in [0.1, 0.15) is 44.2 Å². The number of fused-ring (bicyclic) bond motifs is 1. The molecule has 0 bridgehead atoms. The fourth-order valence-corrected chi connectivity index (χ4v) is 3.74. The highest BCUT2D eigenvalue weighted by Crippen LogP contribution is 2.47. The highest BCUT2D eigenvalue weighted by Gasteiger charge is 2.44. The van der Waals surface area contributed by atoms with E-state index in [0.717, 1.165) is 37.0 Å². The number of amides is 1. The van der Waals surface area contributed by atoms with Gasteiger partial charge in [-0.25, -0.2) is 0 Å². The molecule has 1 saturated carbocycles. The van der Waals surface area contributed by atoms with Crippen LogP contribution in [0, 0.1) is 0 Å². The fraction of sp³-hybridized carbons (Fsp3) is 0.381. The Hall–Kier alpha value is -2.24. The first-order valence-electron chi connectivity index (χ1n) is 9.34. The van der Waals surface area contributed by atoms with E-state index in [1.807, 2.05) is 49.4 Å². The van der Waals surface area contributed by atoms with Crippen molar-refractivity contribution in [1.29, 1.82) is 0 Å². The summed E-state index contributed by atoms with van der Waals surface area (Å²) in [5, 5.41) is 6.83. The molecule has 1 atom stereocenters. The summed E-state index contributed by atoms with van der Waals surface area (Å²) in [5.74, 6) is 0.868. The number of hydrogen-bond acceptors (Lipinski definition) is 4. The van der Waals surface area contributed by atoms with E-state index in [4.69, 9.17) is 21.1 Å². The molecule has 1 amide bonds. The monoisotopic (exact) mass is 386 g/mol. The summed E-state index contributed by atoms with van der Waals surface area (Å²) in [6.45, 7) is 2.22. The fourth-order valence-electron chi connectivity index (χ4n) is 3.61. The molecule has 1 spiro atoms. The van der Waals surface area contributed by atoms with Gasteiger partial charge in [-0.1, -0.05) is 23.7 Å². The Balaban J connectivity index is 1.32. The molecule has 1 aliphatic heterocycles. The second-order valence-corrected chi connectivity index (χ2v) is 7.62. The Kier molecular flexibility index (Phi) is 4.98. The molecule has 27 heavy (non-hydrogen) atoms. The van der Waals surface area contributed by atoms with Gasteiger partial charge in [-0.05, 0) is 49.6 Å². The predicted molar refractivity (Wildman–Crippen MR) is 105 cm³/mol. The number of carbonyl (C=O) groups excluding carboxylic acids is 1. The summed E-state index contributed by atoms with van der Waals surface area (Å²) in [7, 11) is 0. The number of carbonyl (C=O) groups is 1. The molecular weight excluding hydrogens is 364 g/mol. The quantitative estimate of drug-likeness (QED) is 0.783. The van der Waals surface area contributed by atoms with Gasteiger partial charge < -0.3 is 20.1 Å². The molecule has 0 radical (unpaired) electrons. The molecule has 0 aromatic heterocycles. The maximum absolute atomic E-state index is 12.3. The van der Waals surface area contributed by atoms with E-state index in [1.54, 1.807) is 0 Å². The minimum absolute atomic E-state index is 0.0481. The van der Waals surface area contributed by atoms with Crippen LogP contribution in [-0.4, -0.2) is 18.2 Å². The van der Waals surface area contributed by atoms with Crippen LogP contribution in [0.25, 0.3) is 0 Å². The number of nitrogens with one attached hydrogen (secondary N) is 2. The van der Waals surface area contributed by atoms with Crippen LogP contribution in [0.2, 0.25) is 5.02 Å². The topological polar surface area (TPSA) is 59.6 Å². The van der Waals surface area contributed by atoms with Gasteiger partial charge in [-0.2, -0.15) is 0 Å². The zero-order valence-electron chi connectivity index (χ0n) is 15.3. The third-order valence-electron chi connectivity index (χ3n) is 5.12. The second-order valence-electron chi connectivity index (χ2n) is 7.19. The molecule has 2 aromatic rings. The summed E-state index contributed by atoms with van der Waals surface area (Å²) < 4.78 is 12.0. The van der Waals surface area contributed by atoms with Crippen LogP contribution in [0.15, 0.2) is 42.5 Å². The first kappa shape index (κ1) is 18.1. The van der Waals surface area contributed by atoms with Crippen LogP contribution in [0.5, 0.6) is 11.5 Å². The number of anilines is 1. The molecule has 0 unspecified atom stereocenters. The lowest BCUT2D eigenvalue weighted by Gasteiger charge is -2.21. The van der Waals surface area contributed by atoms with Crippen molar-refractivity contribution in [1.82, 2.24) is 5.32 Å². The van der Waals surface area contributed by atoms with Crippen molar-refractivity contribution >= 4 is 23.2 Å². The van der Waals surface area contributed by atoms with E-state index in [2.05, 4.69) is 10.6 Å². The zero-order chi connectivity index (χ0) is 18.9. The van der Waals surface area contributed by atoms with Crippen molar-refractivity contribution in [2.75, 3.05) is 11.9 Å². The van der Waals surface area contributed by atoms with Crippen molar-refractivity contribution < 1.29 is 14.3 Å². The van der Waals surface area contributed by atoms with E-state index in [0.29, 0.717) is 16.5 Å². The molecule has 1 fully saturated rings. The van der Waals surface area contributed by atoms with Crippen molar-refractivity contribution in [3.63, 3.8) is 0 Å². The van der Waals surface area contributed by atoms with Gasteiger partial charge in [0.1, 0.15) is 0 Å². The molecule has 6 heteroatoms. The van der Waals surface area contributed by atoms with Gasteiger partial charge in [0.2, 0.25) is 5.91 Å². The van der Waals surface area contributed by atoms with Crippen molar-refractivity contribution in [3.8, 4) is 11.5 Å². The van der Waals surface area contributed by atoms with Crippen molar-refractivity contribution in [2.45, 2.75) is 44.4 Å². The number of rotatable bonds is 5. The van der Waals surface area contributed by atoms with E-state index in [9.17, 15) is 4.79 Å². The van der Waals surface area contributed by atoms with E-state index < -0.39 is 5.79 Å². The maximum Gasteiger partial charge on any atom is 0.251 e. The van der Waals surface area contributed by atoms with Gasteiger partial charge in [0.05, 0.1) is 6.54 Å². The molecular formula is C21H23ClN2O3. The Labute approximate surface area is 164 Å². The molecule has 5 nitrogen and oxygen atoms in total. The smallest absolute Gasteiger partial charge is 0.251 e. The third-order valence-corrected chi connectivity index (χ3v) is 5.38. The molecule has 2 aromatic carbocycles. The molecule has 1 heterocycles. The highest BCUT2D eigenvalue weighted by molar-refractivity contribution is 6.30. The molecule has 2 N–H and O–H groups in total. The zero-order valence-corrected chi connectivity index (χ0v) is 16.0. The first-order chi connectivity index (χ1) is 13.0. The van der Waals surface area contributed by atoms with E-state index in [-0.39, 0.29) is 18.5 Å². The lowest BCUT2D eigenvalue weighted by atomic mass is 10.1. The van der Waals surface area contributed by atoms with Crippen LogP contribution >= 0.6 is 11.6 Å². The van der Waals surface area contributed by atoms with Crippen LogP contribution in [0.3, 0.4) is 0 Å². The maximum atomic E-state index is 12.3. The number of hydrogen-bond donors (Lipinski definition) is 2. The van der Waals surface area contributed by atoms with Crippen LogP contribution in [0.4, 0.5) is 5.69 Å². The SMILES string of the molecule is C[C@@H](NCC(=O)Nc1ccc2c(c1)OC1(CCCC1)O2)c1ccc(Cl)cc1. The summed E-state index contributed by atoms with van der Waals surface area (Å²) >= 11 is 5.91. The van der Waals surface area contributed by atoms with Gasteiger partial charge in [0, 0.05) is 35.7 Å². The second kappa shape index (κ2) is 7.41. The van der Waals surface area contributed by atoms with E-state index >= 15 is 0 Å². The Bertz CT molecular complexity index is 832. The molecule has 142 valence electrons. The lowest BCUT2D eigenvalue weighted by molar-refractivity contribution is -0.115. The summed E-state index contributed by atoms with van der Waals surface area (Å²) in [4.78, 5) is 12.3. The van der Waals surface area contributed by atoms with Crippen LogP contribution < -0.4 is 20.1 Å².